The Balaban J connectivity index is 1.28. The van der Waals surface area contributed by atoms with Gasteiger partial charge in [-0.05, 0) is 30.0 Å². The Morgan fingerprint density at radius 2 is 1.62 bits per heavy atom. The maximum Gasteiger partial charge on any atom is 0.254 e. The molecule has 5 heteroatoms. The number of hydrogen-bond donors (Lipinski definition) is 1. The second kappa shape index (κ2) is 9.28. The fourth-order valence-electron chi connectivity index (χ4n) is 4.42. The Bertz CT molecular complexity index is 1240. The predicted molar refractivity (Wildman–Crippen MR) is 127 cm³/mol. The number of carbonyl (C=O) groups is 1. The number of nitrogens with one attached hydrogen (secondary N) is 1. The molecule has 0 fully saturated rings. The van der Waals surface area contributed by atoms with E-state index in [1.165, 1.54) is 11.1 Å². The van der Waals surface area contributed by atoms with E-state index in [1.807, 2.05) is 54.6 Å². The molecule has 0 radical (unpaired) electrons. The SMILES string of the molecule is O=C(NCCCN1CCc2ccccc2C1)c1c(-c2ccccc2)nnc2ccccc12. The summed E-state index contributed by atoms with van der Waals surface area (Å²) in [5.74, 6) is -0.0982. The Kier molecular flexibility index (Phi) is 5.90. The third-order valence-corrected chi connectivity index (χ3v) is 6.09. The summed E-state index contributed by atoms with van der Waals surface area (Å²) in [5, 5.41) is 12.7. The summed E-state index contributed by atoms with van der Waals surface area (Å²) in [6.45, 7) is 3.65. The highest BCUT2D eigenvalue weighted by atomic mass is 16.1. The molecule has 0 unspecified atom stereocenters. The zero-order valence-electron chi connectivity index (χ0n) is 18.0. The molecule has 0 bridgehead atoms. The van der Waals surface area contributed by atoms with Crippen LogP contribution in [0.2, 0.25) is 0 Å². The molecule has 0 spiro atoms. The van der Waals surface area contributed by atoms with Crippen LogP contribution in [0.4, 0.5) is 0 Å². The highest BCUT2D eigenvalue weighted by molar-refractivity contribution is 6.10. The van der Waals surface area contributed by atoms with Crippen molar-refractivity contribution in [3.8, 4) is 11.3 Å². The van der Waals surface area contributed by atoms with Crippen molar-refractivity contribution in [3.05, 3.63) is 95.6 Å². The monoisotopic (exact) mass is 422 g/mol. The van der Waals surface area contributed by atoms with Crippen molar-refractivity contribution in [1.82, 2.24) is 20.4 Å². The molecular formula is C27H26N4O. The third kappa shape index (κ3) is 4.25. The van der Waals surface area contributed by atoms with Gasteiger partial charge in [-0.1, -0.05) is 72.8 Å². The average molecular weight is 423 g/mol. The summed E-state index contributed by atoms with van der Waals surface area (Å²) in [4.78, 5) is 15.7. The molecule has 5 nitrogen and oxygen atoms in total. The first kappa shape index (κ1) is 20.3. The Hall–Kier alpha value is -3.57. The molecule has 3 aromatic carbocycles. The normalized spacial score (nSPS) is 13.6. The lowest BCUT2D eigenvalue weighted by Gasteiger charge is -2.28. The van der Waals surface area contributed by atoms with Gasteiger partial charge in [0, 0.05) is 37.1 Å². The van der Waals surface area contributed by atoms with Gasteiger partial charge in [0.05, 0.1) is 11.1 Å². The van der Waals surface area contributed by atoms with Gasteiger partial charge < -0.3 is 5.32 Å². The topological polar surface area (TPSA) is 58.1 Å². The third-order valence-electron chi connectivity index (χ3n) is 6.09. The van der Waals surface area contributed by atoms with E-state index in [9.17, 15) is 4.79 Å². The largest absolute Gasteiger partial charge is 0.352 e. The van der Waals surface area contributed by atoms with E-state index in [2.05, 4.69) is 44.7 Å². The van der Waals surface area contributed by atoms with Gasteiger partial charge in [0.1, 0.15) is 5.69 Å². The second-order valence-corrected chi connectivity index (χ2v) is 8.21. The molecule has 1 amide bonds. The summed E-state index contributed by atoms with van der Waals surface area (Å²) in [5.41, 5.74) is 5.71. The van der Waals surface area contributed by atoms with E-state index in [0.29, 0.717) is 17.8 Å². The highest BCUT2D eigenvalue weighted by Gasteiger charge is 2.19. The summed E-state index contributed by atoms with van der Waals surface area (Å²) >= 11 is 0. The van der Waals surface area contributed by atoms with E-state index in [4.69, 9.17) is 0 Å². The molecule has 0 atom stereocenters. The van der Waals surface area contributed by atoms with E-state index in [-0.39, 0.29) is 5.91 Å². The molecule has 1 aliphatic rings. The van der Waals surface area contributed by atoms with Gasteiger partial charge in [0.15, 0.2) is 0 Å². The fraction of sp³-hybridized carbons (Fsp3) is 0.222. The van der Waals surface area contributed by atoms with Crippen molar-refractivity contribution in [2.24, 2.45) is 0 Å². The maximum atomic E-state index is 13.3. The summed E-state index contributed by atoms with van der Waals surface area (Å²) in [7, 11) is 0. The van der Waals surface area contributed by atoms with Gasteiger partial charge in [-0.15, -0.1) is 10.2 Å². The molecule has 0 saturated heterocycles. The lowest BCUT2D eigenvalue weighted by Crippen LogP contribution is -2.34. The van der Waals surface area contributed by atoms with Crippen LogP contribution in [-0.2, 0) is 13.0 Å². The van der Waals surface area contributed by atoms with Crippen molar-refractivity contribution in [3.63, 3.8) is 0 Å². The van der Waals surface area contributed by atoms with Crippen LogP contribution >= 0.6 is 0 Å². The lowest BCUT2D eigenvalue weighted by molar-refractivity contribution is 0.0953. The van der Waals surface area contributed by atoms with Gasteiger partial charge in [-0.3, -0.25) is 9.69 Å². The van der Waals surface area contributed by atoms with Crippen molar-refractivity contribution in [1.29, 1.82) is 0 Å². The van der Waals surface area contributed by atoms with Crippen LogP contribution in [0.25, 0.3) is 22.2 Å². The molecule has 1 N–H and O–H groups in total. The number of fused-ring (bicyclic) bond motifs is 2. The summed E-state index contributed by atoms with van der Waals surface area (Å²) in [6.07, 6.45) is 2.00. The standard InChI is InChI=1S/C27H26N4O/c32-27(28-16-8-17-31-18-15-20-9-4-5-12-22(20)19-31)25-23-13-6-7-14-24(23)29-30-26(25)21-10-2-1-3-11-21/h1-7,9-14H,8,15-19H2,(H,28,32). The maximum absolute atomic E-state index is 13.3. The molecule has 5 rings (SSSR count). The average Bonchev–Trinajstić information content (AvgIpc) is 2.86. The summed E-state index contributed by atoms with van der Waals surface area (Å²) in [6, 6.07) is 26.1. The zero-order chi connectivity index (χ0) is 21.8. The van der Waals surface area contributed by atoms with Crippen molar-refractivity contribution in [2.45, 2.75) is 19.4 Å². The van der Waals surface area contributed by atoms with Crippen LogP contribution in [0.1, 0.15) is 27.9 Å². The zero-order valence-corrected chi connectivity index (χ0v) is 18.0. The molecular weight excluding hydrogens is 396 g/mol. The number of benzene rings is 3. The molecule has 2 heterocycles. The lowest BCUT2D eigenvalue weighted by atomic mass is 10.00. The number of rotatable bonds is 6. The van der Waals surface area contributed by atoms with E-state index in [0.717, 1.165) is 48.9 Å². The number of carbonyl (C=O) groups excluding carboxylic acids is 1. The highest BCUT2D eigenvalue weighted by Crippen LogP contribution is 2.26. The summed E-state index contributed by atoms with van der Waals surface area (Å²) < 4.78 is 0. The van der Waals surface area contributed by atoms with E-state index < -0.39 is 0 Å². The van der Waals surface area contributed by atoms with Gasteiger partial charge in [-0.25, -0.2) is 0 Å². The van der Waals surface area contributed by atoms with E-state index in [1.54, 1.807) is 0 Å². The molecule has 32 heavy (non-hydrogen) atoms. The minimum atomic E-state index is -0.0982. The predicted octanol–water partition coefficient (Wildman–Crippen LogP) is 4.48. The Morgan fingerprint density at radius 3 is 2.50 bits per heavy atom. The van der Waals surface area contributed by atoms with Crippen LogP contribution in [0.15, 0.2) is 78.9 Å². The number of nitrogens with zero attached hydrogens (tertiary/aromatic N) is 3. The number of hydrogen-bond acceptors (Lipinski definition) is 4. The first-order valence-electron chi connectivity index (χ1n) is 11.2. The van der Waals surface area contributed by atoms with Gasteiger partial charge in [0.2, 0.25) is 0 Å². The smallest absolute Gasteiger partial charge is 0.254 e. The molecule has 160 valence electrons. The van der Waals surface area contributed by atoms with Crippen LogP contribution in [0.5, 0.6) is 0 Å². The number of aromatic nitrogens is 2. The molecule has 0 saturated carbocycles. The molecule has 1 aliphatic heterocycles. The van der Waals surface area contributed by atoms with Crippen molar-refractivity contribution < 1.29 is 4.79 Å². The van der Waals surface area contributed by atoms with Crippen LogP contribution < -0.4 is 5.32 Å². The quantitative estimate of drug-likeness (QED) is 0.466. The molecule has 0 aliphatic carbocycles. The van der Waals surface area contributed by atoms with Gasteiger partial charge in [-0.2, -0.15) is 0 Å². The van der Waals surface area contributed by atoms with Gasteiger partial charge >= 0.3 is 0 Å². The number of amides is 1. The minimum absolute atomic E-state index is 0.0982. The van der Waals surface area contributed by atoms with Gasteiger partial charge in [0.25, 0.3) is 5.91 Å². The minimum Gasteiger partial charge on any atom is -0.352 e. The first-order valence-corrected chi connectivity index (χ1v) is 11.2. The van der Waals surface area contributed by atoms with Crippen molar-refractivity contribution in [2.75, 3.05) is 19.6 Å². The van der Waals surface area contributed by atoms with Crippen LogP contribution in [0, 0.1) is 0 Å². The Labute approximate surface area is 188 Å². The van der Waals surface area contributed by atoms with Crippen LogP contribution in [0.3, 0.4) is 0 Å². The molecule has 1 aromatic heterocycles. The van der Waals surface area contributed by atoms with Crippen molar-refractivity contribution >= 4 is 16.8 Å². The van der Waals surface area contributed by atoms with Crippen LogP contribution in [-0.4, -0.2) is 40.6 Å². The first-order chi connectivity index (χ1) is 15.8. The second-order valence-electron chi connectivity index (χ2n) is 8.21. The Morgan fingerprint density at radius 1 is 0.875 bits per heavy atom. The fourth-order valence-corrected chi connectivity index (χ4v) is 4.42. The van der Waals surface area contributed by atoms with E-state index >= 15 is 0 Å². The molecule has 4 aromatic rings.